The second-order valence-electron chi connectivity index (χ2n) is 11.0. The van der Waals surface area contributed by atoms with E-state index < -0.39 is 6.04 Å². The van der Waals surface area contributed by atoms with Gasteiger partial charge in [-0.15, -0.1) is 10.2 Å². The molecule has 2 heterocycles. The minimum atomic E-state index is -0.584. The van der Waals surface area contributed by atoms with E-state index >= 15 is 0 Å². The smallest absolute Gasteiger partial charge is 0.222 e. The molecule has 50 heavy (non-hydrogen) atoms. The van der Waals surface area contributed by atoms with Crippen LogP contribution in [0.5, 0.6) is 5.75 Å². The molecule has 0 aliphatic carbocycles. The number of hydrogen-bond acceptors (Lipinski definition) is 12. The predicted molar refractivity (Wildman–Crippen MR) is 187 cm³/mol. The Morgan fingerprint density at radius 1 is 0.760 bits per heavy atom. The molecule has 0 saturated carbocycles. The van der Waals surface area contributed by atoms with Gasteiger partial charge in [0, 0.05) is 29.8 Å². The van der Waals surface area contributed by atoms with Crippen molar-refractivity contribution in [2.45, 2.75) is 19.4 Å². The molecule has 1 atom stereocenters. The SMILES string of the molecule is COCCOCCOCCOCCOCCOCCOCCNC(=O)C[C@@H]1N=C(c2ccc(Cl)cc2)c2cc(OC)ccc2-n2c(C)nnc21. The summed E-state index contributed by atoms with van der Waals surface area (Å²) in [6, 6.07) is 12.6. The van der Waals surface area contributed by atoms with E-state index in [0.29, 0.717) is 121 Å². The Labute approximate surface area is 298 Å². The summed E-state index contributed by atoms with van der Waals surface area (Å²) in [5.41, 5.74) is 3.25. The number of nitrogens with one attached hydrogen (secondary N) is 1. The lowest BCUT2D eigenvalue weighted by Gasteiger charge is -2.14. The first-order valence-corrected chi connectivity index (χ1v) is 17.1. The molecule has 4 rings (SSSR count). The van der Waals surface area contributed by atoms with Gasteiger partial charge >= 0.3 is 0 Å². The molecule has 1 amide bonds. The number of halogens is 1. The van der Waals surface area contributed by atoms with E-state index in [2.05, 4.69) is 15.5 Å². The number of fused-ring (bicyclic) bond motifs is 3. The second kappa shape index (κ2) is 22.4. The average Bonchev–Trinajstić information content (AvgIpc) is 3.45. The molecule has 15 heteroatoms. The van der Waals surface area contributed by atoms with Gasteiger partial charge in [0.15, 0.2) is 5.82 Å². The molecule has 274 valence electrons. The van der Waals surface area contributed by atoms with Crippen LogP contribution in [0.1, 0.15) is 35.2 Å². The van der Waals surface area contributed by atoms with Crippen molar-refractivity contribution in [1.29, 1.82) is 0 Å². The number of carbonyl (C=O) groups excluding carboxylic acids is 1. The van der Waals surface area contributed by atoms with Crippen molar-refractivity contribution >= 4 is 23.2 Å². The zero-order chi connectivity index (χ0) is 35.4. The van der Waals surface area contributed by atoms with Crippen LogP contribution < -0.4 is 10.1 Å². The Kier molecular flexibility index (Phi) is 17.6. The standard InChI is InChI=1S/C35H48ClN5O9/c1-26-39-40-35-31(38-34(27-4-6-28(36)7-5-27)30-24-29(44-3)8-9-32(30)41(26)35)25-33(42)37-10-11-45-14-15-47-18-19-49-22-23-50-21-20-48-17-16-46-13-12-43-2/h4-9,24,31H,10-23,25H2,1-3H3,(H,37,42)/t31-/m0/s1. The molecule has 0 radical (unpaired) electrons. The number of aryl methyl sites for hydroxylation is 1. The number of amides is 1. The van der Waals surface area contributed by atoms with Gasteiger partial charge in [-0.25, -0.2) is 0 Å². The molecule has 0 saturated heterocycles. The van der Waals surface area contributed by atoms with E-state index in [9.17, 15) is 4.79 Å². The maximum Gasteiger partial charge on any atom is 0.222 e. The average molecular weight is 718 g/mol. The van der Waals surface area contributed by atoms with Gasteiger partial charge in [-0.3, -0.25) is 14.4 Å². The number of rotatable bonds is 25. The van der Waals surface area contributed by atoms with E-state index in [0.717, 1.165) is 16.8 Å². The predicted octanol–water partition coefficient (Wildman–Crippen LogP) is 3.38. The maximum absolute atomic E-state index is 13.1. The number of benzene rings is 2. The number of nitrogens with zero attached hydrogens (tertiary/aromatic N) is 4. The van der Waals surface area contributed by atoms with Crippen LogP contribution >= 0.6 is 11.6 Å². The van der Waals surface area contributed by atoms with Gasteiger partial charge in [-0.2, -0.15) is 0 Å². The van der Waals surface area contributed by atoms with Gasteiger partial charge in [-0.1, -0.05) is 23.7 Å². The summed E-state index contributed by atoms with van der Waals surface area (Å²) in [6.07, 6.45) is 0.0768. The van der Waals surface area contributed by atoms with Crippen molar-refractivity contribution in [3.63, 3.8) is 0 Å². The molecule has 3 aromatic rings. The number of aliphatic imine (C=N–C) groups is 1. The first-order valence-electron chi connectivity index (χ1n) is 16.7. The van der Waals surface area contributed by atoms with Crippen LogP contribution in [0.2, 0.25) is 5.02 Å². The number of methoxy groups -OCH3 is 2. The largest absolute Gasteiger partial charge is 0.497 e. The molecule has 1 aromatic heterocycles. The first kappa shape index (κ1) is 39.3. The molecule has 1 aliphatic rings. The highest BCUT2D eigenvalue weighted by molar-refractivity contribution is 6.30. The number of hydrogen-bond donors (Lipinski definition) is 1. The highest BCUT2D eigenvalue weighted by Crippen LogP contribution is 2.34. The highest BCUT2D eigenvalue weighted by Gasteiger charge is 2.30. The van der Waals surface area contributed by atoms with Crippen molar-refractivity contribution in [3.8, 4) is 11.4 Å². The third kappa shape index (κ3) is 12.7. The summed E-state index contributed by atoms with van der Waals surface area (Å²) in [5.74, 6) is 1.78. The fourth-order valence-electron chi connectivity index (χ4n) is 5.03. The van der Waals surface area contributed by atoms with Crippen molar-refractivity contribution in [2.75, 3.05) is 107 Å². The van der Waals surface area contributed by atoms with Crippen LogP contribution in [0.25, 0.3) is 5.69 Å². The van der Waals surface area contributed by atoms with Gasteiger partial charge in [0.25, 0.3) is 0 Å². The second-order valence-corrected chi connectivity index (χ2v) is 11.5. The molecule has 1 aliphatic heterocycles. The molecule has 0 spiro atoms. The summed E-state index contributed by atoms with van der Waals surface area (Å²) in [6.45, 7) is 8.50. The first-order chi connectivity index (χ1) is 24.5. The fourth-order valence-corrected chi connectivity index (χ4v) is 5.16. The zero-order valence-corrected chi connectivity index (χ0v) is 29.8. The lowest BCUT2D eigenvalue weighted by molar-refractivity contribution is -0.121. The summed E-state index contributed by atoms with van der Waals surface area (Å²) in [7, 11) is 3.26. The van der Waals surface area contributed by atoms with E-state index in [1.165, 1.54) is 0 Å². The number of ether oxygens (including phenoxy) is 8. The topological polar surface area (TPSA) is 146 Å². The third-order valence-electron chi connectivity index (χ3n) is 7.49. The number of carbonyl (C=O) groups is 1. The minimum Gasteiger partial charge on any atom is -0.497 e. The van der Waals surface area contributed by atoms with Crippen LogP contribution in [0.15, 0.2) is 47.5 Å². The van der Waals surface area contributed by atoms with Crippen molar-refractivity contribution < 1.29 is 42.7 Å². The van der Waals surface area contributed by atoms with Crippen molar-refractivity contribution in [2.24, 2.45) is 4.99 Å². The quantitative estimate of drug-likeness (QED) is 0.129. The molecular weight excluding hydrogens is 670 g/mol. The van der Waals surface area contributed by atoms with E-state index in [1.807, 2.05) is 54.0 Å². The van der Waals surface area contributed by atoms with Crippen LogP contribution in [0.3, 0.4) is 0 Å². The van der Waals surface area contributed by atoms with Crippen molar-refractivity contribution in [1.82, 2.24) is 20.1 Å². The van der Waals surface area contributed by atoms with Gasteiger partial charge < -0.3 is 43.2 Å². The molecule has 1 N–H and O–H groups in total. The maximum atomic E-state index is 13.1. The Hall–Kier alpha value is -3.47. The molecular formula is C35H48ClN5O9. The number of aromatic nitrogens is 3. The summed E-state index contributed by atoms with van der Waals surface area (Å²) < 4.78 is 45.3. The van der Waals surface area contributed by atoms with Crippen molar-refractivity contribution in [3.05, 3.63) is 70.3 Å². The van der Waals surface area contributed by atoms with Gasteiger partial charge in [-0.05, 0) is 37.3 Å². The molecule has 14 nitrogen and oxygen atoms in total. The van der Waals surface area contributed by atoms with E-state index in [4.69, 9.17) is 54.5 Å². The van der Waals surface area contributed by atoms with Crippen LogP contribution in [0.4, 0.5) is 0 Å². The minimum absolute atomic E-state index is 0.0768. The summed E-state index contributed by atoms with van der Waals surface area (Å²) >= 11 is 6.19. The third-order valence-corrected chi connectivity index (χ3v) is 7.74. The van der Waals surface area contributed by atoms with E-state index in [1.54, 1.807) is 14.2 Å². The summed E-state index contributed by atoms with van der Waals surface area (Å²) in [5, 5.41) is 12.3. The molecule has 0 unspecified atom stereocenters. The Balaban J connectivity index is 1.12. The Bertz CT molecular complexity index is 1470. The van der Waals surface area contributed by atoms with Gasteiger partial charge in [0.1, 0.15) is 17.6 Å². The van der Waals surface area contributed by atoms with Crippen LogP contribution in [-0.2, 0) is 38.0 Å². The van der Waals surface area contributed by atoms with Gasteiger partial charge in [0.05, 0.1) is 111 Å². The van der Waals surface area contributed by atoms with Crippen LogP contribution in [0, 0.1) is 6.92 Å². The lowest BCUT2D eigenvalue weighted by Crippen LogP contribution is -2.29. The van der Waals surface area contributed by atoms with Gasteiger partial charge in [0.2, 0.25) is 5.91 Å². The van der Waals surface area contributed by atoms with Crippen LogP contribution in [-0.4, -0.2) is 133 Å². The summed E-state index contributed by atoms with van der Waals surface area (Å²) in [4.78, 5) is 18.2. The lowest BCUT2D eigenvalue weighted by atomic mass is 10.00. The Morgan fingerprint density at radius 3 is 1.88 bits per heavy atom. The molecule has 0 fully saturated rings. The Morgan fingerprint density at radius 2 is 1.32 bits per heavy atom. The fraction of sp³-hybridized carbons (Fsp3) is 0.543. The zero-order valence-electron chi connectivity index (χ0n) is 29.1. The molecule has 0 bridgehead atoms. The monoisotopic (exact) mass is 717 g/mol. The molecule has 2 aromatic carbocycles. The highest BCUT2D eigenvalue weighted by atomic mass is 35.5. The normalized spacial score (nSPS) is 13.8. The van der Waals surface area contributed by atoms with E-state index in [-0.39, 0.29) is 12.3 Å².